The van der Waals surface area contributed by atoms with Crippen LogP contribution in [-0.4, -0.2) is 44.1 Å². The number of carbonyl (C=O) groups is 2. The summed E-state index contributed by atoms with van der Waals surface area (Å²) in [7, 11) is 0. The number of fused-ring (bicyclic) bond motifs is 2. The lowest BCUT2D eigenvalue weighted by Gasteiger charge is -2.28. The van der Waals surface area contributed by atoms with Crippen LogP contribution in [0.2, 0.25) is 0 Å². The molecule has 4 aromatic rings. The Labute approximate surface area is 208 Å². The summed E-state index contributed by atoms with van der Waals surface area (Å²) in [5, 5.41) is 18.0. The van der Waals surface area contributed by atoms with Gasteiger partial charge in [-0.3, -0.25) is 9.25 Å². The van der Waals surface area contributed by atoms with Crippen molar-refractivity contribution in [1.29, 1.82) is 5.26 Å². The number of ether oxygens (including phenoxy) is 1. The monoisotopic (exact) mass is 510 g/mol. The maximum atomic E-state index is 12.8. The van der Waals surface area contributed by atoms with Crippen molar-refractivity contribution in [3.8, 4) is 6.07 Å². The van der Waals surface area contributed by atoms with E-state index in [0.717, 1.165) is 10.9 Å². The summed E-state index contributed by atoms with van der Waals surface area (Å²) in [5.74, 6) is -2.26. The van der Waals surface area contributed by atoms with Gasteiger partial charge >= 0.3 is 18.2 Å². The largest absolute Gasteiger partial charge is 0.490 e. The number of halogens is 3. The van der Waals surface area contributed by atoms with Gasteiger partial charge in [0.15, 0.2) is 0 Å². The van der Waals surface area contributed by atoms with Gasteiger partial charge in [-0.15, -0.1) is 0 Å². The van der Waals surface area contributed by atoms with Crippen LogP contribution in [0.5, 0.6) is 0 Å². The molecule has 5 rings (SSSR count). The number of alkyl halides is 3. The number of pyridine rings is 1. The molecule has 1 aromatic carbocycles. The fourth-order valence-electron chi connectivity index (χ4n) is 4.59. The number of nitriles is 1. The van der Waals surface area contributed by atoms with E-state index in [9.17, 15) is 22.8 Å². The summed E-state index contributed by atoms with van der Waals surface area (Å²) in [6.07, 6.45) is 2.57. The molecular formula is C25H21F3N6O3. The second-order valence-corrected chi connectivity index (χ2v) is 9.02. The molecule has 37 heavy (non-hydrogen) atoms. The van der Waals surface area contributed by atoms with Crippen molar-refractivity contribution in [1.82, 2.24) is 19.3 Å². The molecule has 190 valence electrons. The Bertz CT molecular complexity index is 1530. The van der Waals surface area contributed by atoms with Crippen LogP contribution in [0.15, 0.2) is 48.9 Å². The summed E-state index contributed by atoms with van der Waals surface area (Å²) >= 11 is 0. The van der Waals surface area contributed by atoms with Crippen LogP contribution in [0, 0.1) is 17.2 Å². The van der Waals surface area contributed by atoms with Gasteiger partial charge < -0.3 is 10.1 Å². The highest BCUT2D eigenvalue weighted by molar-refractivity contribution is 5.98. The van der Waals surface area contributed by atoms with Crippen LogP contribution in [0.4, 0.5) is 23.7 Å². The van der Waals surface area contributed by atoms with Crippen molar-refractivity contribution in [3.05, 3.63) is 54.5 Å². The van der Waals surface area contributed by atoms with E-state index in [1.807, 2.05) is 23.0 Å². The normalized spacial score (nSPS) is 18.0. The summed E-state index contributed by atoms with van der Waals surface area (Å²) in [6.45, 7) is -0.235. The maximum Gasteiger partial charge on any atom is 0.490 e. The van der Waals surface area contributed by atoms with Crippen molar-refractivity contribution in [2.75, 3.05) is 11.9 Å². The molecule has 3 heterocycles. The van der Waals surface area contributed by atoms with Crippen LogP contribution < -0.4 is 5.32 Å². The van der Waals surface area contributed by atoms with Gasteiger partial charge in [0.25, 0.3) is 0 Å². The van der Waals surface area contributed by atoms with Gasteiger partial charge in [-0.2, -0.15) is 23.5 Å². The van der Waals surface area contributed by atoms with Crippen LogP contribution in [0.25, 0.3) is 21.9 Å². The van der Waals surface area contributed by atoms with Crippen molar-refractivity contribution < 1.29 is 27.5 Å². The molecule has 3 aromatic heterocycles. The number of hydrogen-bond acceptors (Lipinski definition) is 6. The Morgan fingerprint density at radius 1 is 1.14 bits per heavy atom. The van der Waals surface area contributed by atoms with E-state index in [1.54, 1.807) is 30.5 Å². The van der Waals surface area contributed by atoms with E-state index in [1.165, 1.54) is 10.8 Å². The standard InChI is InChI=1S/C25H21F3N6O3/c26-25(27,28)23(35)37-14-15-1-4-20(5-2-15)34-13-18-10-19(3-6-21(18)32-34)31-24(36)33-8-7-17-9-16(11-29)12-30-22(17)33/h3,6-10,12-13,15,20H,1-2,4-5,14H2,(H,31,36)/t15-,20-. The van der Waals surface area contributed by atoms with Crippen LogP contribution in [0.3, 0.4) is 0 Å². The predicted octanol–water partition coefficient (Wildman–Crippen LogP) is 5.17. The molecule has 1 aliphatic rings. The molecule has 1 N–H and O–H groups in total. The third-order valence-electron chi connectivity index (χ3n) is 6.52. The molecule has 0 atom stereocenters. The number of amides is 1. The zero-order valence-electron chi connectivity index (χ0n) is 19.4. The minimum atomic E-state index is -4.97. The van der Waals surface area contributed by atoms with E-state index >= 15 is 0 Å². The zero-order chi connectivity index (χ0) is 26.2. The highest BCUT2D eigenvalue weighted by Gasteiger charge is 2.41. The molecule has 0 saturated heterocycles. The van der Waals surface area contributed by atoms with E-state index in [0.29, 0.717) is 48.0 Å². The van der Waals surface area contributed by atoms with E-state index in [2.05, 4.69) is 20.1 Å². The maximum absolute atomic E-state index is 12.8. The second kappa shape index (κ2) is 9.57. The lowest BCUT2D eigenvalue weighted by molar-refractivity contribution is -0.201. The summed E-state index contributed by atoms with van der Waals surface area (Å²) in [6, 6.07) is 10.4. The van der Waals surface area contributed by atoms with Crippen molar-refractivity contribution in [3.63, 3.8) is 0 Å². The summed E-state index contributed by atoms with van der Waals surface area (Å²) in [4.78, 5) is 28.0. The number of nitrogens with zero attached hydrogens (tertiary/aromatic N) is 5. The summed E-state index contributed by atoms with van der Waals surface area (Å²) < 4.78 is 44.6. The molecule has 0 unspecified atom stereocenters. The van der Waals surface area contributed by atoms with E-state index in [4.69, 9.17) is 5.26 Å². The van der Waals surface area contributed by atoms with Crippen molar-refractivity contribution in [2.24, 2.45) is 5.92 Å². The van der Waals surface area contributed by atoms with Gasteiger partial charge in [-0.1, -0.05) is 0 Å². The Kier molecular flexibility index (Phi) is 6.29. The molecule has 1 amide bonds. The molecule has 0 radical (unpaired) electrons. The van der Waals surface area contributed by atoms with Crippen LogP contribution >= 0.6 is 0 Å². The molecule has 0 aliphatic heterocycles. The fourth-order valence-corrected chi connectivity index (χ4v) is 4.59. The minimum Gasteiger partial charge on any atom is -0.459 e. The number of rotatable bonds is 4. The van der Waals surface area contributed by atoms with Gasteiger partial charge in [-0.05, 0) is 61.9 Å². The topological polar surface area (TPSA) is 115 Å². The Morgan fingerprint density at radius 2 is 1.92 bits per heavy atom. The number of nitrogens with one attached hydrogen (secondary N) is 1. The fraction of sp³-hybridized carbons (Fsp3) is 0.320. The predicted molar refractivity (Wildman–Crippen MR) is 127 cm³/mol. The van der Waals surface area contributed by atoms with Crippen LogP contribution in [0.1, 0.15) is 37.3 Å². The van der Waals surface area contributed by atoms with Gasteiger partial charge in [-0.25, -0.2) is 14.6 Å². The Morgan fingerprint density at radius 3 is 2.65 bits per heavy atom. The van der Waals surface area contributed by atoms with E-state index in [-0.39, 0.29) is 18.6 Å². The number of benzene rings is 1. The number of hydrogen-bond donors (Lipinski definition) is 1. The minimum absolute atomic E-state index is 0.0793. The first-order chi connectivity index (χ1) is 17.7. The zero-order valence-corrected chi connectivity index (χ0v) is 19.4. The summed E-state index contributed by atoms with van der Waals surface area (Å²) in [5.41, 5.74) is 2.17. The average Bonchev–Trinajstić information content (AvgIpc) is 3.50. The number of esters is 1. The van der Waals surface area contributed by atoms with Gasteiger partial charge in [0.1, 0.15) is 11.7 Å². The molecule has 0 bridgehead atoms. The first-order valence-electron chi connectivity index (χ1n) is 11.6. The van der Waals surface area contributed by atoms with Crippen molar-refractivity contribution >= 4 is 39.6 Å². The molecule has 1 fully saturated rings. The van der Waals surface area contributed by atoms with Gasteiger partial charge in [0, 0.05) is 35.1 Å². The van der Waals surface area contributed by atoms with Crippen LogP contribution in [-0.2, 0) is 9.53 Å². The van der Waals surface area contributed by atoms with Gasteiger partial charge in [0.05, 0.1) is 23.7 Å². The lowest BCUT2D eigenvalue weighted by atomic mass is 9.86. The van der Waals surface area contributed by atoms with E-state index < -0.39 is 18.2 Å². The molecule has 12 heteroatoms. The lowest BCUT2D eigenvalue weighted by Crippen LogP contribution is -2.29. The molecule has 0 spiro atoms. The SMILES string of the molecule is N#Cc1cnc2c(ccn2C(=O)Nc2ccc3nn([C@H]4CC[C@H](COC(=O)C(F)(F)F)CC4)cc3c2)c1. The molecule has 9 nitrogen and oxygen atoms in total. The third kappa shape index (κ3) is 5.11. The second-order valence-electron chi connectivity index (χ2n) is 9.02. The Balaban J connectivity index is 1.22. The molecule has 1 saturated carbocycles. The smallest absolute Gasteiger partial charge is 0.459 e. The number of carbonyl (C=O) groups excluding carboxylic acids is 2. The number of anilines is 1. The molecule has 1 aliphatic carbocycles. The molecular weight excluding hydrogens is 489 g/mol. The Hall–Kier alpha value is -4.40. The van der Waals surface area contributed by atoms with Crippen molar-refractivity contribution in [2.45, 2.75) is 37.9 Å². The van der Waals surface area contributed by atoms with Gasteiger partial charge in [0.2, 0.25) is 0 Å². The first kappa shape index (κ1) is 24.3. The first-order valence-corrected chi connectivity index (χ1v) is 11.6. The third-order valence-corrected chi connectivity index (χ3v) is 6.52. The number of aromatic nitrogens is 4. The quantitative estimate of drug-likeness (QED) is 0.379. The average molecular weight is 510 g/mol. The highest BCUT2D eigenvalue weighted by Crippen LogP contribution is 2.33. The highest BCUT2D eigenvalue weighted by atomic mass is 19.4.